The van der Waals surface area contributed by atoms with Gasteiger partial charge >= 0.3 is 5.97 Å². The van der Waals surface area contributed by atoms with Gasteiger partial charge in [0.2, 0.25) is 0 Å². The minimum Gasteiger partial charge on any atom is -0.508 e. The Morgan fingerprint density at radius 2 is 2.19 bits per heavy atom. The quantitative estimate of drug-likeness (QED) is 0.684. The molecular weight excluding hydrogens is 206 g/mol. The van der Waals surface area contributed by atoms with Crippen LogP contribution in [-0.4, -0.2) is 22.7 Å². The van der Waals surface area contributed by atoms with E-state index in [1.165, 1.54) is 0 Å². The van der Waals surface area contributed by atoms with E-state index in [0.717, 1.165) is 24.0 Å². The van der Waals surface area contributed by atoms with E-state index in [1.807, 2.05) is 12.1 Å². The number of carboxylic acid groups (broad SMARTS) is 1. The smallest absolute Gasteiger partial charge is 0.317 e. The highest BCUT2D eigenvalue weighted by Gasteiger charge is 2.03. The van der Waals surface area contributed by atoms with Crippen molar-refractivity contribution in [1.29, 1.82) is 0 Å². The van der Waals surface area contributed by atoms with Crippen LogP contribution in [0.2, 0.25) is 0 Å². The fourth-order valence-corrected chi connectivity index (χ4v) is 1.53. The zero-order chi connectivity index (χ0) is 12.0. The van der Waals surface area contributed by atoms with Gasteiger partial charge in [0.05, 0.1) is 6.54 Å². The van der Waals surface area contributed by atoms with Gasteiger partial charge in [0.15, 0.2) is 0 Å². The van der Waals surface area contributed by atoms with Crippen LogP contribution < -0.4 is 5.32 Å². The number of aromatic hydroxyl groups is 1. The van der Waals surface area contributed by atoms with Crippen molar-refractivity contribution in [2.75, 3.05) is 6.54 Å². The van der Waals surface area contributed by atoms with Crippen LogP contribution in [0.1, 0.15) is 24.5 Å². The minimum absolute atomic E-state index is 0.0998. The molecule has 0 amide bonds. The largest absolute Gasteiger partial charge is 0.508 e. The summed E-state index contributed by atoms with van der Waals surface area (Å²) in [7, 11) is 0. The lowest BCUT2D eigenvalue weighted by molar-refractivity contribution is -0.136. The Labute approximate surface area is 94.9 Å². The normalized spacial score (nSPS) is 10.3. The number of hydrogen-bond acceptors (Lipinski definition) is 3. The molecule has 0 heterocycles. The fourth-order valence-electron chi connectivity index (χ4n) is 1.53. The van der Waals surface area contributed by atoms with Gasteiger partial charge in [0.1, 0.15) is 5.75 Å². The number of carboxylic acids is 1. The molecule has 0 saturated heterocycles. The molecule has 4 nitrogen and oxygen atoms in total. The van der Waals surface area contributed by atoms with Crippen LogP contribution in [0.25, 0.3) is 0 Å². The summed E-state index contributed by atoms with van der Waals surface area (Å²) in [6.45, 7) is 2.36. The maximum atomic E-state index is 10.3. The lowest BCUT2D eigenvalue weighted by Crippen LogP contribution is -2.21. The van der Waals surface area contributed by atoms with Crippen LogP contribution in [0.5, 0.6) is 5.75 Å². The number of aliphatic carboxylic acids is 1. The van der Waals surface area contributed by atoms with Crippen LogP contribution in [0, 0.1) is 0 Å². The number of nitrogens with one attached hydrogen (secondary N) is 1. The summed E-state index contributed by atoms with van der Waals surface area (Å²) < 4.78 is 0. The van der Waals surface area contributed by atoms with Gasteiger partial charge in [-0.05, 0) is 18.1 Å². The first-order valence-corrected chi connectivity index (χ1v) is 5.36. The van der Waals surface area contributed by atoms with Crippen molar-refractivity contribution >= 4 is 5.97 Å². The Balaban J connectivity index is 2.62. The van der Waals surface area contributed by atoms with Crippen LogP contribution >= 0.6 is 0 Å². The Morgan fingerprint density at radius 3 is 2.81 bits per heavy atom. The van der Waals surface area contributed by atoms with E-state index in [1.54, 1.807) is 6.07 Å². The summed E-state index contributed by atoms with van der Waals surface area (Å²) in [5, 5.41) is 20.8. The maximum Gasteiger partial charge on any atom is 0.317 e. The lowest BCUT2D eigenvalue weighted by atomic mass is 10.1. The zero-order valence-electron chi connectivity index (χ0n) is 9.36. The highest BCUT2D eigenvalue weighted by molar-refractivity contribution is 5.69. The van der Waals surface area contributed by atoms with Crippen molar-refractivity contribution in [3.05, 3.63) is 29.3 Å². The third-order valence-corrected chi connectivity index (χ3v) is 2.27. The highest BCUT2D eigenvalue weighted by atomic mass is 16.4. The van der Waals surface area contributed by atoms with Crippen molar-refractivity contribution in [2.45, 2.75) is 26.3 Å². The van der Waals surface area contributed by atoms with Gasteiger partial charge in [0, 0.05) is 12.1 Å². The second kappa shape index (κ2) is 6.12. The second-order valence-electron chi connectivity index (χ2n) is 3.71. The molecule has 4 heteroatoms. The van der Waals surface area contributed by atoms with E-state index in [2.05, 4.69) is 12.2 Å². The van der Waals surface area contributed by atoms with Gasteiger partial charge in [-0.3, -0.25) is 4.79 Å². The van der Waals surface area contributed by atoms with Gasteiger partial charge in [0.25, 0.3) is 0 Å². The predicted molar refractivity (Wildman–Crippen MR) is 61.4 cm³/mol. The topological polar surface area (TPSA) is 69.6 Å². The van der Waals surface area contributed by atoms with Crippen LogP contribution in [0.4, 0.5) is 0 Å². The molecule has 0 saturated carbocycles. The molecule has 0 aliphatic carbocycles. The molecule has 0 aliphatic rings. The van der Waals surface area contributed by atoms with Crippen LogP contribution in [0.3, 0.4) is 0 Å². The summed E-state index contributed by atoms with van der Waals surface area (Å²) >= 11 is 0. The first kappa shape index (κ1) is 12.5. The van der Waals surface area contributed by atoms with Crippen molar-refractivity contribution in [3.63, 3.8) is 0 Å². The van der Waals surface area contributed by atoms with Gasteiger partial charge in [-0.25, -0.2) is 0 Å². The standard InChI is InChI=1S/C12H17NO3/c1-2-3-9-4-5-11(14)10(6-9)7-13-8-12(15)16/h4-6,13-14H,2-3,7-8H2,1H3,(H,15,16). The maximum absolute atomic E-state index is 10.3. The second-order valence-corrected chi connectivity index (χ2v) is 3.71. The van der Waals surface area contributed by atoms with Gasteiger partial charge in [-0.15, -0.1) is 0 Å². The highest BCUT2D eigenvalue weighted by Crippen LogP contribution is 2.19. The molecule has 0 aliphatic heterocycles. The van der Waals surface area contributed by atoms with E-state index >= 15 is 0 Å². The number of rotatable bonds is 6. The number of benzene rings is 1. The van der Waals surface area contributed by atoms with E-state index in [4.69, 9.17) is 5.11 Å². The molecule has 1 aromatic carbocycles. The number of phenols is 1. The van der Waals surface area contributed by atoms with Gasteiger partial charge in [-0.1, -0.05) is 25.5 Å². The summed E-state index contributed by atoms with van der Waals surface area (Å²) in [6.07, 6.45) is 2.01. The monoisotopic (exact) mass is 223 g/mol. The summed E-state index contributed by atoms with van der Waals surface area (Å²) in [5.74, 6) is -0.693. The summed E-state index contributed by atoms with van der Waals surface area (Å²) in [6, 6.07) is 5.45. The Morgan fingerprint density at radius 1 is 1.44 bits per heavy atom. The van der Waals surface area contributed by atoms with Crippen molar-refractivity contribution in [1.82, 2.24) is 5.32 Å². The third kappa shape index (κ3) is 3.90. The summed E-state index contributed by atoms with van der Waals surface area (Å²) in [4.78, 5) is 10.3. The average molecular weight is 223 g/mol. The molecule has 3 N–H and O–H groups in total. The molecular formula is C12H17NO3. The van der Waals surface area contributed by atoms with Crippen LogP contribution in [0.15, 0.2) is 18.2 Å². The SMILES string of the molecule is CCCc1ccc(O)c(CNCC(=O)O)c1. The lowest BCUT2D eigenvalue weighted by Gasteiger charge is -2.07. The first-order chi connectivity index (χ1) is 7.63. The predicted octanol–water partition coefficient (Wildman–Crippen LogP) is 1.52. The van der Waals surface area contributed by atoms with Crippen molar-refractivity contribution in [2.24, 2.45) is 0 Å². The molecule has 1 aromatic rings. The van der Waals surface area contributed by atoms with Gasteiger partial charge in [-0.2, -0.15) is 0 Å². The van der Waals surface area contributed by atoms with E-state index < -0.39 is 5.97 Å². The molecule has 88 valence electrons. The molecule has 0 spiro atoms. The molecule has 0 bridgehead atoms. The number of carbonyl (C=O) groups is 1. The number of aryl methyl sites for hydroxylation is 1. The third-order valence-electron chi connectivity index (χ3n) is 2.27. The zero-order valence-corrected chi connectivity index (χ0v) is 9.36. The Hall–Kier alpha value is -1.55. The molecule has 16 heavy (non-hydrogen) atoms. The van der Waals surface area contributed by atoms with E-state index in [-0.39, 0.29) is 12.3 Å². The molecule has 0 atom stereocenters. The van der Waals surface area contributed by atoms with Crippen LogP contribution in [-0.2, 0) is 17.8 Å². The summed E-state index contributed by atoms with van der Waals surface area (Å²) in [5.41, 5.74) is 1.90. The van der Waals surface area contributed by atoms with E-state index in [0.29, 0.717) is 6.54 Å². The van der Waals surface area contributed by atoms with Crippen molar-refractivity contribution in [3.8, 4) is 5.75 Å². The molecule has 0 aromatic heterocycles. The van der Waals surface area contributed by atoms with Gasteiger partial charge < -0.3 is 15.5 Å². The molecule has 0 radical (unpaired) electrons. The fraction of sp³-hybridized carbons (Fsp3) is 0.417. The molecule has 0 fully saturated rings. The molecule has 1 rings (SSSR count). The average Bonchev–Trinajstić information content (AvgIpc) is 2.22. The van der Waals surface area contributed by atoms with Crippen molar-refractivity contribution < 1.29 is 15.0 Å². The van der Waals surface area contributed by atoms with E-state index in [9.17, 15) is 9.90 Å². The number of hydrogen-bond donors (Lipinski definition) is 3. The first-order valence-electron chi connectivity index (χ1n) is 5.36. The molecule has 0 unspecified atom stereocenters. The number of phenolic OH excluding ortho intramolecular Hbond substituents is 1. The Bertz CT molecular complexity index is 363. The minimum atomic E-state index is -0.899. The Kier molecular flexibility index (Phi) is 4.79.